The number of aromatic nitrogens is 1. The van der Waals surface area contributed by atoms with Crippen molar-refractivity contribution in [2.75, 3.05) is 20.2 Å². The summed E-state index contributed by atoms with van der Waals surface area (Å²) < 4.78 is 8.36. The van der Waals surface area contributed by atoms with Crippen LogP contribution in [0.2, 0.25) is 0 Å². The molecule has 29 heavy (non-hydrogen) atoms. The highest BCUT2D eigenvalue weighted by atomic mass is 79.9. The largest absolute Gasteiger partial charge is 0.376 e. The number of thiocarbonyl (C=S) groups is 1. The van der Waals surface area contributed by atoms with Gasteiger partial charge in [0, 0.05) is 47.3 Å². The molecule has 2 fully saturated rings. The van der Waals surface area contributed by atoms with Crippen LogP contribution in [-0.4, -0.2) is 52.7 Å². The van der Waals surface area contributed by atoms with E-state index in [1.807, 2.05) is 29.0 Å². The van der Waals surface area contributed by atoms with Crippen LogP contribution in [0.3, 0.4) is 0 Å². The first kappa shape index (κ1) is 20.1. The van der Waals surface area contributed by atoms with Crippen LogP contribution in [0.1, 0.15) is 18.4 Å². The molecular formula is C20H21BrN4O3S. The molecule has 1 atom stereocenters. The molecule has 0 unspecified atom stereocenters. The van der Waals surface area contributed by atoms with E-state index in [1.165, 1.54) is 4.90 Å². The van der Waals surface area contributed by atoms with E-state index in [0.717, 1.165) is 40.4 Å². The molecular weight excluding hydrogens is 456 g/mol. The molecule has 2 amide bonds. The van der Waals surface area contributed by atoms with Gasteiger partial charge in [0.25, 0.3) is 5.91 Å². The number of carbonyl (C=O) groups excluding carboxylic acids is 2. The van der Waals surface area contributed by atoms with Crippen LogP contribution in [0.25, 0.3) is 17.0 Å². The van der Waals surface area contributed by atoms with E-state index < -0.39 is 0 Å². The van der Waals surface area contributed by atoms with Crippen molar-refractivity contribution in [1.29, 1.82) is 0 Å². The number of fused-ring (bicyclic) bond motifs is 1. The molecule has 152 valence electrons. The highest BCUT2D eigenvalue weighted by Crippen LogP contribution is 2.27. The summed E-state index contributed by atoms with van der Waals surface area (Å²) in [5.74, 6) is -0.254. The summed E-state index contributed by atoms with van der Waals surface area (Å²) in [6.45, 7) is 1.48. The highest BCUT2D eigenvalue weighted by molar-refractivity contribution is 9.10. The van der Waals surface area contributed by atoms with Gasteiger partial charge in [0.2, 0.25) is 5.91 Å². The van der Waals surface area contributed by atoms with Gasteiger partial charge in [-0.15, -0.1) is 0 Å². The standard InChI is InChI=1S/C20H21BrN4O3S/c1-24-19(27)16(23-20(24)29)7-12-10-25(17-5-4-13(21)8-15(12)17)11-18(26)22-9-14-3-2-6-28-14/h4-5,7-8,10,14H,2-3,6,9,11H2,1H3,(H,22,26)(H,23,29)/b16-7+/t14-/m0/s1. The zero-order chi connectivity index (χ0) is 20.5. The fraction of sp³-hybridized carbons (Fsp3) is 0.350. The maximum Gasteiger partial charge on any atom is 0.276 e. The van der Waals surface area contributed by atoms with Crippen LogP contribution in [0.5, 0.6) is 0 Å². The summed E-state index contributed by atoms with van der Waals surface area (Å²) in [5, 5.41) is 7.20. The van der Waals surface area contributed by atoms with E-state index >= 15 is 0 Å². The van der Waals surface area contributed by atoms with Crippen LogP contribution in [0, 0.1) is 0 Å². The van der Waals surface area contributed by atoms with Crippen LogP contribution < -0.4 is 10.6 Å². The number of ether oxygens (including phenoxy) is 1. The van der Waals surface area contributed by atoms with Crippen LogP contribution >= 0.6 is 28.1 Å². The minimum Gasteiger partial charge on any atom is -0.376 e. The third-order valence-corrected chi connectivity index (χ3v) is 5.99. The van der Waals surface area contributed by atoms with Gasteiger partial charge in [-0.25, -0.2) is 0 Å². The number of amides is 2. The van der Waals surface area contributed by atoms with Crippen molar-refractivity contribution in [2.24, 2.45) is 0 Å². The summed E-state index contributed by atoms with van der Waals surface area (Å²) in [6.07, 6.45) is 5.79. The summed E-state index contributed by atoms with van der Waals surface area (Å²) in [5.41, 5.74) is 2.16. The Bertz CT molecular complexity index is 1030. The Labute approximate surface area is 182 Å². The van der Waals surface area contributed by atoms with Crippen LogP contribution in [-0.2, 0) is 20.9 Å². The van der Waals surface area contributed by atoms with Crippen molar-refractivity contribution in [3.63, 3.8) is 0 Å². The van der Waals surface area contributed by atoms with Crippen molar-refractivity contribution >= 4 is 62.1 Å². The van der Waals surface area contributed by atoms with Gasteiger partial charge < -0.3 is 19.9 Å². The van der Waals surface area contributed by atoms with Gasteiger partial charge in [0.1, 0.15) is 12.2 Å². The molecule has 2 N–H and O–H groups in total. The molecule has 4 rings (SSSR count). The van der Waals surface area contributed by atoms with E-state index in [2.05, 4.69) is 26.6 Å². The molecule has 0 saturated carbocycles. The van der Waals surface area contributed by atoms with Gasteiger partial charge in [-0.1, -0.05) is 15.9 Å². The van der Waals surface area contributed by atoms with E-state index in [-0.39, 0.29) is 24.5 Å². The molecule has 3 heterocycles. The Hall–Kier alpha value is -2.23. The predicted molar refractivity (Wildman–Crippen MR) is 118 cm³/mol. The fourth-order valence-electron chi connectivity index (χ4n) is 3.57. The third kappa shape index (κ3) is 4.22. The quantitative estimate of drug-likeness (QED) is 0.511. The zero-order valence-electron chi connectivity index (χ0n) is 15.9. The lowest BCUT2D eigenvalue weighted by atomic mass is 10.1. The number of likely N-dealkylation sites (N-methyl/N-ethyl adjacent to an activating group) is 1. The number of nitrogens with zero attached hydrogens (tertiary/aromatic N) is 2. The molecule has 7 nitrogen and oxygen atoms in total. The van der Waals surface area contributed by atoms with Crippen molar-refractivity contribution in [1.82, 2.24) is 20.1 Å². The lowest BCUT2D eigenvalue weighted by molar-refractivity contribution is -0.122. The monoisotopic (exact) mass is 476 g/mol. The summed E-state index contributed by atoms with van der Waals surface area (Å²) in [6, 6.07) is 5.86. The highest BCUT2D eigenvalue weighted by Gasteiger charge is 2.27. The first-order valence-corrected chi connectivity index (χ1v) is 10.6. The lowest BCUT2D eigenvalue weighted by Crippen LogP contribution is -2.34. The first-order chi connectivity index (χ1) is 13.9. The van der Waals surface area contributed by atoms with E-state index in [9.17, 15) is 9.59 Å². The van der Waals surface area contributed by atoms with Gasteiger partial charge in [0.15, 0.2) is 5.11 Å². The Kier molecular flexibility index (Phi) is 5.71. The van der Waals surface area contributed by atoms with Gasteiger partial charge in [-0.3, -0.25) is 14.5 Å². The Morgan fingerprint density at radius 1 is 1.48 bits per heavy atom. The van der Waals surface area contributed by atoms with Crippen molar-refractivity contribution in [2.45, 2.75) is 25.5 Å². The van der Waals surface area contributed by atoms with Gasteiger partial charge in [-0.05, 0) is 49.3 Å². The molecule has 0 bridgehead atoms. The molecule has 2 aromatic rings. The number of halogens is 1. The Morgan fingerprint density at radius 3 is 3.00 bits per heavy atom. The second-order valence-corrected chi connectivity index (χ2v) is 8.47. The lowest BCUT2D eigenvalue weighted by Gasteiger charge is -2.11. The van der Waals surface area contributed by atoms with Gasteiger partial charge in [0.05, 0.1) is 6.10 Å². The average Bonchev–Trinajstić information content (AvgIpc) is 3.38. The molecule has 9 heteroatoms. The number of rotatable bonds is 5. The second-order valence-electron chi connectivity index (χ2n) is 7.17. The van der Waals surface area contributed by atoms with E-state index in [1.54, 1.807) is 13.1 Å². The summed E-state index contributed by atoms with van der Waals surface area (Å²) in [4.78, 5) is 26.2. The molecule has 0 aliphatic carbocycles. The number of hydrogen-bond acceptors (Lipinski definition) is 4. The number of carbonyl (C=O) groups is 2. The van der Waals surface area contributed by atoms with E-state index in [0.29, 0.717) is 17.4 Å². The normalized spacial score (nSPS) is 20.7. The average molecular weight is 477 g/mol. The van der Waals surface area contributed by atoms with Gasteiger partial charge in [-0.2, -0.15) is 0 Å². The third-order valence-electron chi connectivity index (χ3n) is 5.12. The van der Waals surface area contributed by atoms with Crippen molar-refractivity contribution in [3.05, 3.63) is 40.1 Å². The molecule has 2 saturated heterocycles. The first-order valence-electron chi connectivity index (χ1n) is 9.40. The zero-order valence-corrected chi connectivity index (χ0v) is 18.3. The van der Waals surface area contributed by atoms with Crippen LogP contribution in [0.15, 0.2) is 34.6 Å². The minimum atomic E-state index is -0.180. The molecule has 0 spiro atoms. The SMILES string of the molecule is CN1C(=O)/C(=C\c2cn(CC(=O)NC[C@@H]3CCCO3)c3ccc(Br)cc23)NC1=S. The minimum absolute atomic E-state index is 0.0736. The summed E-state index contributed by atoms with van der Waals surface area (Å²) in [7, 11) is 1.64. The predicted octanol–water partition coefficient (Wildman–Crippen LogP) is 2.39. The number of hydrogen-bond donors (Lipinski definition) is 2. The second kappa shape index (κ2) is 8.25. The Balaban J connectivity index is 1.59. The number of nitrogens with one attached hydrogen (secondary N) is 2. The molecule has 1 aromatic carbocycles. The smallest absolute Gasteiger partial charge is 0.276 e. The molecule has 0 radical (unpaired) electrons. The Morgan fingerprint density at radius 2 is 2.31 bits per heavy atom. The van der Waals surface area contributed by atoms with Crippen molar-refractivity contribution in [3.8, 4) is 0 Å². The van der Waals surface area contributed by atoms with Gasteiger partial charge >= 0.3 is 0 Å². The summed E-state index contributed by atoms with van der Waals surface area (Å²) >= 11 is 8.64. The number of benzene rings is 1. The van der Waals surface area contributed by atoms with E-state index in [4.69, 9.17) is 17.0 Å². The topological polar surface area (TPSA) is 75.6 Å². The molecule has 2 aliphatic heterocycles. The van der Waals surface area contributed by atoms with Crippen molar-refractivity contribution < 1.29 is 14.3 Å². The maximum absolute atomic E-state index is 12.5. The van der Waals surface area contributed by atoms with Crippen LogP contribution in [0.4, 0.5) is 0 Å². The molecule has 1 aromatic heterocycles. The maximum atomic E-state index is 12.5. The molecule has 2 aliphatic rings. The fourth-order valence-corrected chi connectivity index (χ4v) is 4.12.